The lowest BCUT2D eigenvalue weighted by atomic mass is 9.98. The number of carboxylic acid groups (broad SMARTS) is 1. The number of likely N-dealkylation sites (N-methyl/N-ethyl adjacent to an activating group) is 1. The minimum atomic E-state index is -0.890. The number of carbonyl (C=O) groups excluding carboxylic acids is 2. The van der Waals surface area contributed by atoms with Crippen LogP contribution in [0, 0.1) is 5.92 Å². The summed E-state index contributed by atoms with van der Waals surface area (Å²) in [6, 6.07) is 15.5. The Kier molecular flexibility index (Phi) is 8.68. The molecule has 0 aromatic heterocycles. The maximum Gasteiger partial charge on any atom is 0.407 e. The van der Waals surface area contributed by atoms with Crippen LogP contribution in [0.1, 0.15) is 57.1 Å². The van der Waals surface area contributed by atoms with Gasteiger partial charge in [-0.1, -0.05) is 62.4 Å². The van der Waals surface area contributed by atoms with Crippen molar-refractivity contribution in [2.24, 2.45) is 5.92 Å². The number of amides is 2. The Morgan fingerprint density at radius 1 is 1.03 bits per heavy atom. The minimum Gasteiger partial charge on any atom is -0.481 e. The molecule has 2 amide bonds. The first-order chi connectivity index (χ1) is 16.3. The van der Waals surface area contributed by atoms with Gasteiger partial charge in [-0.3, -0.25) is 9.59 Å². The molecule has 182 valence electrons. The van der Waals surface area contributed by atoms with Crippen molar-refractivity contribution < 1.29 is 24.2 Å². The molecule has 0 bridgehead atoms. The van der Waals surface area contributed by atoms with E-state index in [1.807, 2.05) is 45.0 Å². The van der Waals surface area contributed by atoms with E-state index >= 15 is 0 Å². The fourth-order valence-electron chi connectivity index (χ4n) is 4.54. The van der Waals surface area contributed by atoms with Gasteiger partial charge in [0.2, 0.25) is 5.91 Å². The highest BCUT2D eigenvalue weighted by atomic mass is 16.5. The molecule has 0 saturated carbocycles. The fourth-order valence-corrected chi connectivity index (χ4v) is 4.54. The van der Waals surface area contributed by atoms with Crippen molar-refractivity contribution in [1.82, 2.24) is 10.2 Å². The highest BCUT2D eigenvalue weighted by molar-refractivity contribution is 5.86. The summed E-state index contributed by atoms with van der Waals surface area (Å²) in [6.07, 6.45) is 0.216. The molecule has 0 radical (unpaired) electrons. The number of nitrogens with zero attached hydrogens (tertiary/aromatic N) is 1. The predicted octanol–water partition coefficient (Wildman–Crippen LogP) is 4.65. The fraction of sp³-hybridized carbons (Fsp3) is 0.444. The molecule has 2 aromatic carbocycles. The van der Waals surface area contributed by atoms with Crippen molar-refractivity contribution >= 4 is 18.0 Å². The first kappa shape index (κ1) is 25.3. The SMILES string of the molecule is CCN(CCCC(=O)O)C(=O)[C@@H](CC(C)C)NC(=O)OCC1c2ccccc2-c2ccccc21. The molecular weight excluding hydrogens is 432 g/mol. The molecular formula is C27H34N2O5. The van der Waals surface area contributed by atoms with Gasteiger partial charge in [0, 0.05) is 25.4 Å². The summed E-state index contributed by atoms with van der Waals surface area (Å²) in [7, 11) is 0. The van der Waals surface area contributed by atoms with Crippen molar-refractivity contribution in [1.29, 1.82) is 0 Å². The third-order valence-electron chi connectivity index (χ3n) is 6.15. The zero-order chi connectivity index (χ0) is 24.7. The number of fused-ring (bicyclic) bond motifs is 3. The van der Waals surface area contributed by atoms with Gasteiger partial charge in [0.15, 0.2) is 0 Å². The number of hydrogen-bond acceptors (Lipinski definition) is 4. The molecule has 1 atom stereocenters. The average Bonchev–Trinajstić information content (AvgIpc) is 3.13. The molecule has 0 unspecified atom stereocenters. The van der Waals surface area contributed by atoms with Gasteiger partial charge in [-0.15, -0.1) is 0 Å². The van der Waals surface area contributed by atoms with Crippen molar-refractivity contribution in [2.75, 3.05) is 19.7 Å². The number of ether oxygens (including phenoxy) is 1. The van der Waals surface area contributed by atoms with Gasteiger partial charge in [0.25, 0.3) is 0 Å². The molecule has 3 rings (SSSR count). The number of carbonyl (C=O) groups is 3. The van der Waals surface area contributed by atoms with Gasteiger partial charge >= 0.3 is 12.1 Å². The van der Waals surface area contributed by atoms with E-state index in [2.05, 4.69) is 29.6 Å². The molecule has 0 fully saturated rings. The summed E-state index contributed by atoms with van der Waals surface area (Å²) in [4.78, 5) is 38.3. The molecule has 7 nitrogen and oxygen atoms in total. The predicted molar refractivity (Wildman–Crippen MR) is 131 cm³/mol. The van der Waals surface area contributed by atoms with Crippen LogP contribution in [-0.4, -0.2) is 53.7 Å². The standard InChI is InChI=1S/C27H34N2O5/c1-4-29(15-9-14-25(30)31)26(32)24(16-18(2)3)28-27(33)34-17-23-21-12-7-5-10-19(21)20-11-6-8-13-22(20)23/h5-8,10-13,18,23-24H,4,9,14-17H2,1-3H3,(H,28,33)(H,30,31)/t24-/m1/s1. The molecule has 0 heterocycles. The molecule has 7 heteroatoms. The van der Waals surface area contributed by atoms with Gasteiger partial charge in [0.1, 0.15) is 12.6 Å². The van der Waals surface area contributed by atoms with E-state index in [0.717, 1.165) is 22.3 Å². The summed E-state index contributed by atoms with van der Waals surface area (Å²) >= 11 is 0. The summed E-state index contributed by atoms with van der Waals surface area (Å²) in [5.74, 6) is -0.977. The van der Waals surface area contributed by atoms with E-state index in [4.69, 9.17) is 9.84 Å². The molecule has 0 aliphatic heterocycles. The number of hydrogen-bond donors (Lipinski definition) is 2. The summed E-state index contributed by atoms with van der Waals surface area (Å²) < 4.78 is 5.63. The number of nitrogens with one attached hydrogen (secondary N) is 1. The van der Waals surface area contributed by atoms with Crippen molar-refractivity contribution in [2.45, 2.75) is 52.0 Å². The third kappa shape index (κ3) is 6.16. The highest BCUT2D eigenvalue weighted by Gasteiger charge is 2.30. The van der Waals surface area contributed by atoms with Gasteiger partial charge in [-0.05, 0) is 47.9 Å². The van der Waals surface area contributed by atoms with Crippen LogP contribution in [0.25, 0.3) is 11.1 Å². The second kappa shape index (κ2) is 11.7. The number of aliphatic carboxylic acids is 1. The monoisotopic (exact) mass is 466 g/mol. The average molecular weight is 467 g/mol. The lowest BCUT2D eigenvalue weighted by molar-refractivity contribution is -0.138. The van der Waals surface area contributed by atoms with Gasteiger partial charge in [-0.25, -0.2) is 4.79 Å². The van der Waals surface area contributed by atoms with E-state index in [0.29, 0.717) is 25.9 Å². The smallest absolute Gasteiger partial charge is 0.407 e. The van der Waals surface area contributed by atoms with E-state index in [-0.39, 0.29) is 30.8 Å². The normalized spacial score (nSPS) is 13.2. The number of alkyl carbamates (subject to hydrolysis) is 1. The Morgan fingerprint density at radius 2 is 1.62 bits per heavy atom. The maximum atomic E-state index is 13.1. The van der Waals surface area contributed by atoms with Crippen LogP contribution in [0.3, 0.4) is 0 Å². The van der Waals surface area contributed by atoms with Crippen molar-refractivity contribution in [3.8, 4) is 11.1 Å². The summed E-state index contributed by atoms with van der Waals surface area (Å²) in [5, 5.41) is 11.6. The van der Waals surface area contributed by atoms with Crippen LogP contribution < -0.4 is 5.32 Å². The minimum absolute atomic E-state index is 0.00155. The van der Waals surface area contributed by atoms with Gasteiger partial charge in [0.05, 0.1) is 0 Å². The second-order valence-corrected chi connectivity index (χ2v) is 9.07. The zero-order valence-corrected chi connectivity index (χ0v) is 20.1. The van der Waals surface area contributed by atoms with Crippen molar-refractivity contribution in [3.63, 3.8) is 0 Å². The van der Waals surface area contributed by atoms with Crippen molar-refractivity contribution in [3.05, 3.63) is 59.7 Å². The van der Waals surface area contributed by atoms with Crippen LogP contribution in [0.2, 0.25) is 0 Å². The molecule has 1 aliphatic rings. The zero-order valence-electron chi connectivity index (χ0n) is 20.1. The molecule has 2 aromatic rings. The van der Waals surface area contributed by atoms with Gasteiger partial charge in [-0.2, -0.15) is 0 Å². The third-order valence-corrected chi connectivity index (χ3v) is 6.15. The molecule has 34 heavy (non-hydrogen) atoms. The van der Waals surface area contributed by atoms with Crippen LogP contribution in [-0.2, 0) is 14.3 Å². The van der Waals surface area contributed by atoms with Gasteiger partial charge < -0.3 is 20.1 Å². The molecule has 1 aliphatic carbocycles. The van der Waals surface area contributed by atoms with Crippen LogP contribution in [0.4, 0.5) is 4.79 Å². The number of rotatable bonds is 11. The van der Waals surface area contributed by atoms with E-state index in [1.54, 1.807) is 4.90 Å². The summed E-state index contributed by atoms with van der Waals surface area (Å²) in [6.45, 7) is 6.78. The highest BCUT2D eigenvalue weighted by Crippen LogP contribution is 2.44. The lowest BCUT2D eigenvalue weighted by Gasteiger charge is -2.27. The first-order valence-electron chi connectivity index (χ1n) is 11.9. The molecule has 2 N–H and O–H groups in total. The largest absolute Gasteiger partial charge is 0.481 e. The second-order valence-electron chi connectivity index (χ2n) is 9.07. The molecule has 0 spiro atoms. The topological polar surface area (TPSA) is 95.9 Å². The van der Waals surface area contributed by atoms with Crippen LogP contribution in [0.15, 0.2) is 48.5 Å². The van der Waals surface area contributed by atoms with E-state index in [1.165, 1.54) is 0 Å². The number of carboxylic acids is 1. The maximum absolute atomic E-state index is 13.1. The van der Waals surface area contributed by atoms with Crippen LogP contribution in [0.5, 0.6) is 0 Å². The lowest BCUT2D eigenvalue weighted by Crippen LogP contribution is -2.49. The quantitative estimate of drug-likeness (QED) is 0.502. The van der Waals surface area contributed by atoms with Crippen LogP contribution >= 0.6 is 0 Å². The Bertz CT molecular complexity index is 974. The Hall–Kier alpha value is -3.35. The summed E-state index contributed by atoms with van der Waals surface area (Å²) in [5.41, 5.74) is 4.56. The van der Waals surface area contributed by atoms with E-state index < -0.39 is 18.1 Å². The first-order valence-corrected chi connectivity index (χ1v) is 11.9. The Labute approximate surface area is 201 Å². The Morgan fingerprint density at radius 3 is 2.15 bits per heavy atom. The van der Waals surface area contributed by atoms with E-state index in [9.17, 15) is 14.4 Å². The molecule has 0 saturated heterocycles. The Balaban J connectivity index is 1.65. The number of benzene rings is 2.